The van der Waals surface area contributed by atoms with E-state index in [1.54, 1.807) is 18.2 Å². The van der Waals surface area contributed by atoms with Gasteiger partial charge in [0.1, 0.15) is 0 Å². The molecule has 3 heterocycles. The molecule has 2 aromatic heterocycles. The summed E-state index contributed by atoms with van der Waals surface area (Å²) in [6.07, 6.45) is 0. The largest absolute Gasteiger partial charge is 0.379 e. The van der Waals surface area contributed by atoms with Crippen LogP contribution in [0, 0.1) is 0 Å². The number of amides is 2. The van der Waals surface area contributed by atoms with E-state index < -0.39 is 11.8 Å². The number of nitrogens with one attached hydrogen (secondary N) is 2. The van der Waals surface area contributed by atoms with Gasteiger partial charge in [0.2, 0.25) is 5.78 Å². The molecule has 0 unspecified atom stereocenters. The van der Waals surface area contributed by atoms with Crippen molar-refractivity contribution in [3.05, 3.63) is 44.3 Å². The van der Waals surface area contributed by atoms with Gasteiger partial charge in [0.05, 0.1) is 29.5 Å². The van der Waals surface area contributed by atoms with Crippen LogP contribution in [0.4, 0.5) is 0 Å². The second-order valence-corrected chi connectivity index (χ2v) is 8.08. The number of carbonyl (C=O) groups is 3. The van der Waals surface area contributed by atoms with E-state index in [1.165, 1.54) is 22.7 Å². The van der Waals surface area contributed by atoms with Gasteiger partial charge in [-0.25, -0.2) is 0 Å². The maximum atomic E-state index is 12.3. The number of rotatable bonds is 7. The van der Waals surface area contributed by atoms with E-state index in [9.17, 15) is 14.4 Å². The molecule has 2 amide bonds. The van der Waals surface area contributed by atoms with E-state index in [1.807, 2.05) is 11.4 Å². The van der Waals surface area contributed by atoms with E-state index in [2.05, 4.69) is 15.5 Å². The number of nitrogens with zero attached hydrogens (tertiary/aromatic N) is 1. The van der Waals surface area contributed by atoms with Gasteiger partial charge in [-0.15, -0.1) is 22.7 Å². The van der Waals surface area contributed by atoms with E-state index in [-0.39, 0.29) is 12.3 Å². The van der Waals surface area contributed by atoms with Crippen molar-refractivity contribution < 1.29 is 19.1 Å². The minimum absolute atomic E-state index is 0.0200. The highest BCUT2D eigenvalue weighted by Crippen LogP contribution is 2.22. The molecular weight excluding hydrogens is 386 g/mol. The van der Waals surface area contributed by atoms with Gasteiger partial charge in [-0.2, -0.15) is 0 Å². The van der Waals surface area contributed by atoms with Crippen molar-refractivity contribution in [3.63, 3.8) is 0 Å². The molecule has 1 aliphatic rings. The number of hydrogen-bond acceptors (Lipinski definition) is 7. The maximum Gasteiger partial charge on any atom is 0.309 e. The quantitative estimate of drug-likeness (QED) is 0.530. The lowest BCUT2D eigenvalue weighted by molar-refractivity contribution is -0.139. The number of carbonyl (C=O) groups excluding carboxylic acids is 3. The Balaban J connectivity index is 1.39. The number of thiophene rings is 2. The Morgan fingerprint density at radius 2 is 1.81 bits per heavy atom. The zero-order valence-electron chi connectivity index (χ0n) is 14.7. The van der Waals surface area contributed by atoms with Crippen LogP contribution in [0.2, 0.25) is 0 Å². The predicted octanol–water partition coefficient (Wildman–Crippen LogP) is 1.11. The smallest absolute Gasteiger partial charge is 0.309 e. The molecule has 3 rings (SSSR count). The van der Waals surface area contributed by atoms with Crippen molar-refractivity contribution in [2.45, 2.75) is 6.54 Å². The number of morpholine rings is 1. The standard InChI is InChI=1S/C18H21N3O4S2/c22-16(14-2-1-11-26-14)15-4-3-13(27-15)12-20-18(24)17(23)19-5-6-21-7-9-25-10-8-21/h1-4,11H,5-10,12H2,(H,19,23)(H,20,24). The summed E-state index contributed by atoms with van der Waals surface area (Å²) in [5, 5.41) is 7.08. The maximum absolute atomic E-state index is 12.3. The Kier molecular flexibility index (Phi) is 7.11. The number of hydrogen-bond donors (Lipinski definition) is 2. The molecule has 0 saturated carbocycles. The van der Waals surface area contributed by atoms with Crippen LogP contribution in [-0.2, 0) is 20.9 Å². The van der Waals surface area contributed by atoms with E-state index in [0.29, 0.717) is 36.1 Å². The summed E-state index contributed by atoms with van der Waals surface area (Å²) >= 11 is 2.72. The van der Waals surface area contributed by atoms with Gasteiger partial charge < -0.3 is 15.4 Å². The molecule has 1 saturated heterocycles. The highest BCUT2D eigenvalue weighted by molar-refractivity contribution is 7.16. The predicted molar refractivity (Wildman–Crippen MR) is 104 cm³/mol. The first-order chi connectivity index (χ1) is 13.1. The van der Waals surface area contributed by atoms with Crippen LogP contribution < -0.4 is 10.6 Å². The molecule has 1 fully saturated rings. The molecule has 0 aliphatic carbocycles. The molecule has 0 bridgehead atoms. The van der Waals surface area contributed by atoms with Gasteiger partial charge >= 0.3 is 11.8 Å². The van der Waals surface area contributed by atoms with Gasteiger partial charge in [-0.05, 0) is 23.6 Å². The Hall–Kier alpha value is -2.07. The second kappa shape index (κ2) is 9.75. The van der Waals surface area contributed by atoms with Crippen molar-refractivity contribution in [1.82, 2.24) is 15.5 Å². The summed E-state index contributed by atoms with van der Waals surface area (Å²) in [6, 6.07) is 7.17. The van der Waals surface area contributed by atoms with Crippen molar-refractivity contribution in [2.24, 2.45) is 0 Å². The minimum atomic E-state index is -0.670. The first-order valence-corrected chi connectivity index (χ1v) is 10.4. The van der Waals surface area contributed by atoms with E-state index in [0.717, 1.165) is 18.0 Å². The molecule has 144 valence electrons. The lowest BCUT2D eigenvalue weighted by atomic mass is 10.3. The van der Waals surface area contributed by atoms with Crippen molar-refractivity contribution in [2.75, 3.05) is 39.4 Å². The molecule has 9 heteroatoms. The zero-order valence-corrected chi connectivity index (χ0v) is 16.4. The van der Waals surface area contributed by atoms with Crippen molar-refractivity contribution in [3.8, 4) is 0 Å². The Bertz CT molecular complexity index is 782. The zero-order chi connectivity index (χ0) is 19.1. The molecule has 7 nitrogen and oxygen atoms in total. The lowest BCUT2D eigenvalue weighted by Gasteiger charge is -2.26. The number of ether oxygens (including phenoxy) is 1. The summed E-state index contributed by atoms with van der Waals surface area (Å²) in [6.45, 7) is 4.42. The van der Waals surface area contributed by atoms with E-state index in [4.69, 9.17) is 4.74 Å². The van der Waals surface area contributed by atoms with Gasteiger partial charge in [0, 0.05) is 31.1 Å². The van der Waals surface area contributed by atoms with E-state index >= 15 is 0 Å². The summed E-state index contributed by atoms with van der Waals surface area (Å²) < 4.78 is 5.26. The third-order valence-corrected chi connectivity index (χ3v) is 6.03. The normalized spacial score (nSPS) is 14.7. The topological polar surface area (TPSA) is 87.7 Å². The molecule has 0 spiro atoms. The fourth-order valence-electron chi connectivity index (χ4n) is 2.60. The van der Waals surface area contributed by atoms with Crippen molar-refractivity contribution in [1.29, 1.82) is 0 Å². The van der Waals surface area contributed by atoms with Gasteiger partial charge in [0.25, 0.3) is 0 Å². The second-order valence-electron chi connectivity index (χ2n) is 5.96. The molecular formula is C18H21N3O4S2. The minimum Gasteiger partial charge on any atom is -0.379 e. The Morgan fingerprint density at radius 1 is 1.04 bits per heavy atom. The molecule has 1 aliphatic heterocycles. The lowest BCUT2D eigenvalue weighted by Crippen LogP contribution is -2.44. The van der Waals surface area contributed by atoms with Crippen LogP contribution in [0.15, 0.2) is 29.6 Å². The van der Waals surface area contributed by atoms with Crippen LogP contribution in [0.3, 0.4) is 0 Å². The molecule has 2 N–H and O–H groups in total. The first kappa shape index (κ1) is 19.7. The first-order valence-electron chi connectivity index (χ1n) is 8.66. The molecule has 0 aromatic carbocycles. The van der Waals surface area contributed by atoms with Gasteiger partial charge in [-0.1, -0.05) is 6.07 Å². The fourth-order valence-corrected chi connectivity index (χ4v) is 4.25. The van der Waals surface area contributed by atoms with Crippen LogP contribution in [0.5, 0.6) is 0 Å². The third kappa shape index (κ3) is 5.70. The van der Waals surface area contributed by atoms with Gasteiger partial charge in [-0.3, -0.25) is 19.3 Å². The van der Waals surface area contributed by atoms with Crippen LogP contribution >= 0.6 is 22.7 Å². The average molecular weight is 408 g/mol. The summed E-state index contributed by atoms with van der Waals surface area (Å²) in [7, 11) is 0. The Morgan fingerprint density at radius 3 is 2.56 bits per heavy atom. The summed E-state index contributed by atoms with van der Waals surface area (Å²) in [5.41, 5.74) is 0. The average Bonchev–Trinajstić information content (AvgIpc) is 3.38. The monoisotopic (exact) mass is 407 g/mol. The van der Waals surface area contributed by atoms with Crippen molar-refractivity contribution >= 4 is 40.3 Å². The van der Waals surface area contributed by atoms with Crippen LogP contribution in [-0.4, -0.2) is 61.9 Å². The number of ketones is 1. The van der Waals surface area contributed by atoms with Gasteiger partial charge in [0.15, 0.2) is 0 Å². The third-order valence-electron chi connectivity index (χ3n) is 4.08. The molecule has 0 atom stereocenters. The SMILES string of the molecule is O=C(NCCN1CCOCC1)C(=O)NCc1ccc(C(=O)c2cccs2)s1. The molecule has 27 heavy (non-hydrogen) atoms. The molecule has 2 aromatic rings. The van der Waals surface area contributed by atoms with Crippen LogP contribution in [0.1, 0.15) is 19.4 Å². The highest BCUT2D eigenvalue weighted by Gasteiger charge is 2.16. The fraction of sp³-hybridized carbons (Fsp3) is 0.389. The Labute approximate surface area is 165 Å². The summed E-state index contributed by atoms with van der Waals surface area (Å²) in [4.78, 5) is 40.4. The van der Waals surface area contributed by atoms with Crippen LogP contribution in [0.25, 0.3) is 0 Å². The summed E-state index contributed by atoms with van der Waals surface area (Å²) in [5.74, 6) is -1.33. The molecule has 0 radical (unpaired) electrons. The highest BCUT2D eigenvalue weighted by atomic mass is 32.1.